The molecule has 3 nitrogen and oxygen atoms in total. The molecule has 0 saturated carbocycles. The van der Waals surface area contributed by atoms with Gasteiger partial charge in [0.05, 0.1) is 6.42 Å². The zero-order chi connectivity index (χ0) is 12.3. The number of anilines is 1. The number of benzene rings is 1. The van der Waals surface area contributed by atoms with Crippen LogP contribution in [0.5, 0.6) is 0 Å². The van der Waals surface area contributed by atoms with Crippen molar-refractivity contribution in [2.45, 2.75) is 27.2 Å². The highest BCUT2D eigenvalue weighted by Gasteiger charge is 2.14. The van der Waals surface area contributed by atoms with Crippen molar-refractivity contribution in [1.82, 2.24) is 0 Å². The highest BCUT2D eigenvalue weighted by molar-refractivity contribution is 6.04. The van der Waals surface area contributed by atoms with Crippen molar-refractivity contribution < 1.29 is 9.59 Å². The number of hydrogen-bond donors (Lipinski definition) is 0. The summed E-state index contributed by atoms with van der Waals surface area (Å²) in [5.41, 5.74) is 3.00. The van der Waals surface area contributed by atoms with Gasteiger partial charge in [-0.2, -0.15) is 0 Å². The van der Waals surface area contributed by atoms with Crippen molar-refractivity contribution in [1.29, 1.82) is 0 Å². The molecular formula is C13H17NO2. The van der Waals surface area contributed by atoms with E-state index in [0.29, 0.717) is 0 Å². The van der Waals surface area contributed by atoms with Crippen LogP contribution in [0, 0.1) is 13.8 Å². The van der Waals surface area contributed by atoms with Crippen LogP contribution in [0.1, 0.15) is 24.5 Å². The maximum absolute atomic E-state index is 11.7. The molecule has 1 aromatic rings. The summed E-state index contributed by atoms with van der Waals surface area (Å²) in [7, 11) is 1.70. The summed E-state index contributed by atoms with van der Waals surface area (Å²) in [6.45, 7) is 5.35. The lowest BCUT2D eigenvalue weighted by atomic mass is 10.1. The lowest BCUT2D eigenvalue weighted by Gasteiger charge is -2.19. The topological polar surface area (TPSA) is 37.4 Å². The molecule has 0 saturated heterocycles. The Balaban J connectivity index is 2.95. The first-order chi connectivity index (χ1) is 7.41. The molecule has 0 spiro atoms. The number of carbonyl (C=O) groups is 2. The van der Waals surface area contributed by atoms with E-state index in [1.54, 1.807) is 11.9 Å². The Labute approximate surface area is 96.1 Å². The van der Waals surface area contributed by atoms with Crippen molar-refractivity contribution in [3.05, 3.63) is 29.3 Å². The molecule has 0 aliphatic heterocycles. The summed E-state index contributed by atoms with van der Waals surface area (Å²) in [5, 5.41) is 0. The lowest BCUT2D eigenvalue weighted by molar-refractivity contribution is -0.125. The van der Waals surface area contributed by atoms with Gasteiger partial charge in [-0.25, -0.2) is 0 Å². The average Bonchev–Trinajstić information content (AvgIpc) is 2.19. The molecule has 1 amide bonds. The van der Waals surface area contributed by atoms with Crippen LogP contribution in [0.25, 0.3) is 0 Å². The molecule has 0 aromatic heterocycles. The first kappa shape index (κ1) is 12.4. The summed E-state index contributed by atoms with van der Waals surface area (Å²) in [6, 6.07) is 5.93. The second-order valence-corrected chi connectivity index (χ2v) is 4.12. The summed E-state index contributed by atoms with van der Waals surface area (Å²) >= 11 is 0. The number of rotatable bonds is 3. The molecule has 0 radical (unpaired) electrons. The number of aryl methyl sites for hydroxylation is 2. The molecule has 0 heterocycles. The van der Waals surface area contributed by atoms with Crippen LogP contribution < -0.4 is 4.90 Å². The second-order valence-electron chi connectivity index (χ2n) is 4.12. The van der Waals surface area contributed by atoms with Gasteiger partial charge in [-0.05, 0) is 38.0 Å². The van der Waals surface area contributed by atoms with Crippen molar-refractivity contribution in [3.8, 4) is 0 Å². The highest BCUT2D eigenvalue weighted by atomic mass is 16.2. The van der Waals surface area contributed by atoms with E-state index in [4.69, 9.17) is 0 Å². The maximum Gasteiger partial charge on any atom is 0.234 e. The Kier molecular flexibility index (Phi) is 3.82. The van der Waals surface area contributed by atoms with Gasteiger partial charge in [0, 0.05) is 12.7 Å². The third kappa shape index (κ3) is 2.92. The minimum Gasteiger partial charge on any atom is -0.315 e. The monoisotopic (exact) mass is 219 g/mol. The van der Waals surface area contributed by atoms with E-state index in [-0.39, 0.29) is 18.1 Å². The van der Waals surface area contributed by atoms with Gasteiger partial charge in [0.15, 0.2) is 0 Å². The fourth-order valence-corrected chi connectivity index (χ4v) is 1.55. The Morgan fingerprint density at radius 1 is 1.25 bits per heavy atom. The van der Waals surface area contributed by atoms with E-state index in [9.17, 15) is 9.59 Å². The molecule has 0 atom stereocenters. The first-order valence-corrected chi connectivity index (χ1v) is 5.25. The molecule has 86 valence electrons. The van der Waals surface area contributed by atoms with Gasteiger partial charge in [0.1, 0.15) is 5.78 Å². The van der Waals surface area contributed by atoms with Gasteiger partial charge >= 0.3 is 0 Å². The molecule has 0 aliphatic carbocycles. The Hall–Kier alpha value is -1.64. The predicted octanol–water partition coefficient (Wildman–Crippen LogP) is 2.25. The van der Waals surface area contributed by atoms with Gasteiger partial charge in [0.2, 0.25) is 5.91 Å². The molecule has 0 N–H and O–H groups in total. The smallest absolute Gasteiger partial charge is 0.234 e. The normalized spacial score (nSPS) is 10.0. The number of amides is 1. The molecule has 0 fully saturated rings. The van der Waals surface area contributed by atoms with E-state index in [1.165, 1.54) is 6.92 Å². The minimum atomic E-state index is -0.166. The Morgan fingerprint density at radius 3 is 2.44 bits per heavy atom. The van der Waals surface area contributed by atoms with Crippen molar-refractivity contribution in [3.63, 3.8) is 0 Å². The van der Waals surface area contributed by atoms with E-state index < -0.39 is 0 Å². The van der Waals surface area contributed by atoms with Crippen LogP contribution in [-0.2, 0) is 9.59 Å². The predicted molar refractivity (Wildman–Crippen MR) is 64.6 cm³/mol. The number of nitrogens with zero attached hydrogens (tertiary/aromatic N) is 1. The summed E-state index contributed by atoms with van der Waals surface area (Å²) in [6.07, 6.45) is -0.0378. The molecular weight excluding hydrogens is 202 g/mol. The SMILES string of the molecule is CC(=O)CC(=O)N(C)c1cc(C)ccc1C. The third-order valence-corrected chi connectivity index (χ3v) is 2.50. The van der Waals surface area contributed by atoms with Crippen LogP contribution in [0.2, 0.25) is 0 Å². The highest BCUT2D eigenvalue weighted by Crippen LogP contribution is 2.20. The van der Waals surface area contributed by atoms with Crippen LogP contribution >= 0.6 is 0 Å². The van der Waals surface area contributed by atoms with Gasteiger partial charge in [-0.3, -0.25) is 9.59 Å². The van der Waals surface area contributed by atoms with Gasteiger partial charge in [-0.15, -0.1) is 0 Å². The van der Waals surface area contributed by atoms with Crippen molar-refractivity contribution in [2.24, 2.45) is 0 Å². The standard InChI is InChI=1S/C13H17NO2/c1-9-5-6-10(2)12(7-9)14(4)13(16)8-11(3)15/h5-7H,8H2,1-4H3. The Bertz CT molecular complexity index is 424. The number of ketones is 1. The third-order valence-electron chi connectivity index (χ3n) is 2.50. The van der Waals surface area contributed by atoms with Gasteiger partial charge in [-0.1, -0.05) is 12.1 Å². The summed E-state index contributed by atoms with van der Waals surface area (Å²) in [5.74, 6) is -0.275. The van der Waals surface area contributed by atoms with Crippen LogP contribution in [0.3, 0.4) is 0 Å². The van der Waals surface area contributed by atoms with E-state index in [0.717, 1.165) is 16.8 Å². The average molecular weight is 219 g/mol. The molecule has 1 rings (SSSR count). The van der Waals surface area contributed by atoms with Crippen molar-refractivity contribution in [2.75, 3.05) is 11.9 Å². The van der Waals surface area contributed by atoms with Crippen LogP contribution in [0.15, 0.2) is 18.2 Å². The summed E-state index contributed by atoms with van der Waals surface area (Å²) < 4.78 is 0. The van der Waals surface area contributed by atoms with Gasteiger partial charge < -0.3 is 4.90 Å². The first-order valence-electron chi connectivity index (χ1n) is 5.25. The van der Waals surface area contributed by atoms with E-state index in [1.807, 2.05) is 32.0 Å². The van der Waals surface area contributed by atoms with E-state index in [2.05, 4.69) is 0 Å². The molecule has 3 heteroatoms. The van der Waals surface area contributed by atoms with Crippen LogP contribution in [-0.4, -0.2) is 18.7 Å². The number of carbonyl (C=O) groups excluding carboxylic acids is 2. The number of Topliss-reactive ketones (excluding diaryl/α,β-unsaturated/α-hetero) is 1. The fourth-order valence-electron chi connectivity index (χ4n) is 1.55. The zero-order valence-corrected chi connectivity index (χ0v) is 10.2. The van der Waals surface area contributed by atoms with E-state index >= 15 is 0 Å². The zero-order valence-electron chi connectivity index (χ0n) is 10.2. The van der Waals surface area contributed by atoms with Crippen molar-refractivity contribution >= 4 is 17.4 Å². The quantitative estimate of drug-likeness (QED) is 0.731. The molecule has 0 aliphatic rings. The molecule has 1 aromatic carbocycles. The lowest BCUT2D eigenvalue weighted by Crippen LogP contribution is -2.28. The second kappa shape index (κ2) is 4.92. The number of hydrogen-bond acceptors (Lipinski definition) is 2. The maximum atomic E-state index is 11.7. The van der Waals surface area contributed by atoms with Gasteiger partial charge in [0.25, 0.3) is 0 Å². The molecule has 16 heavy (non-hydrogen) atoms. The van der Waals surface area contributed by atoms with Crippen LogP contribution in [0.4, 0.5) is 5.69 Å². The Morgan fingerprint density at radius 2 is 1.88 bits per heavy atom. The molecule has 0 bridgehead atoms. The molecule has 0 unspecified atom stereocenters. The summed E-state index contributed by atoms with van der Waals surface area (Å²) in [4.78, 5) is 24.2. The largest absolute Gasteiger partial charge is 0.315 e. The fraction of sp³-hybridized carbons (Fsp3) is 0.385. The minimum absolute atomic E-state index is 0.0378.